The standard InChI is InChI=1S/C17H26ClN/c1-2-12-19-17-11-5-3-4-9-15(17)13-14-8-6-7-10-16(14)18/h6-8,10,15,17,19H,2-5,9,11-13H2,1H3. The number of halogens is 1. The van der Waals surface area contributed by atoms with Gasteiger partial charge in [0, 0.05) is 11.1 Å². The molecular formula is C17H26ClN. The van der Waals surface area contributed by atoms with Gasteiger partial charge in [0.2, 0.25) is 0 Å². The number of nitrogens with one attached hydrogen (secondary N) is 1. The lowest BCUT2D eigenvalue weighted by Gasteiger charge is -2.26. The van der Waals surface area contributed by atoms with Gasteiger partial charge in [0.1, 0.15) is 0 Å². The van der Waals surface area contributed by atoms with Crippen LogP contribution in [0.4, 0.5) is 0 Å². The molecule has 1 aromatic rings. The summed E-state index contributed by atoms with van der Waals surface area (Å²) in [6.45, 7) is 3.39. The van der Waals surface area contributed by atoms with Crippen molar-refractivity contribution in [2.24, 2.45) is 5.92 Å². The van der Waals surface area contributed by atoms with Gasteiger partial charge in [0.15, 0.2) is 0 Å². The molecule has 0 spiro atoms. The van der Waals surface area contributed by atoms with Gasteiger partial charge in [-0.25, -0.2) is 0 Å². The minimum Gasteiger partial charge on any atom is -0.314 e. The summed E-state index contributed by atoms with van der Waals surface area (Å²) >= 11 is 6.32. The van der Waals surface area contributed by atoms with Crippen LogP contribution in [-0.4, -0.2) is 12.6 Å². The SMILES string of the molecule is CCCNC1CCCCCC1Cc1ccccc1Cl. The Hall–Kier alpha value is -0.530. The van der Waals surface area contributed by atoms with Crippen LogP contribution in [0.1, 0.15) is 51.0 Å². The minimum atomic E-state index is 0.679. The van der Waals surface area contributed by atoms with E-state index in [1.54, 1.807) is 0 Å². The maximum atomic E-state index is 6.32. The molecule has 2 atom stereocenters. The van der Waals surface area contributed by atoms with Crippen LogP contribution in [0.2, 0.25) is 5.02 Å². The van der Waals surface area contributed by atoms with E-state index in [-0.39, 0.29) is 0 Å². The zero-order valence-corrected chi connectivity index (χ0v) is 12.8. The Kier molecular flexibility index (Phi) is 6.19. The first-order valence-electron chi connectivity index (χ1n) is 7.78. The molecule has 0 saturated heterocycles. The molecule has 19 heavy (non-hydrogen) atoms. The molecule has 1 nitrogen and oxygen atoms in total. The van der Waals surface area contributed by atoms with Crippen molar-refractivity contribution < 1.29 is 0 Å². The summed E-state index contributed by atoms with van der Waals surface area (Å²) in [5.41, 5.74) is 1.32. The summed E-state index contributed by atoms with van der Waals surface area (Å²) in [7, 11) is 0. The third kappa shape index (κ3) is 4.50. The lowest BCUT2D eigenvalue weighted by Crippen LogP contribution is -2.37. The third-order valence-electron chi connectivity index (χ3n) is 4.26. The van der Waals surface area contributed by atoms with Gasteiger partial charge in [-0.2, -0.15) is 0 Å². The maximum absolute atomic E-state index is 6.32. The van der Waals surface area contributed by atoms with Gasteiger partial charge in [-0.05, 0) is 49.8 Å². The fraction of sp³-hybridized carbons (Fsp3) is 0.647. The zero-order chi connectivity index (χ0) is 13.5. The average Bonchev–Trinajstić information content (AvgIpc) is 2.64. The second-order valence-electron chi connectivity index (χ2n) is 5.75. The van der Waals surface area contributed by atoms with E-state index in [9.17, 15) is 0 Å². The molecule has 1 saturated carbocycles. The second-order valence-corrected chi connectivity index (χ2v) is 6.16. The van der Waals surface area contributed by atoms with Crippen molar-refractivity contribution in [3.8, 4) is 0 Å². The molecule has 1 aromatic carbocycles. The number of hydrogen-bond acceptors (Lipinski definition) is 1. The molecule has 2 rings (SSSR count). The Bertz CT molecular complexity index is 377. The van der Waals surface area contributed by atoms with E-state index in [0.29, 0.717) is 6.04 Å². The Balaban J connectivity index is 2.03. The minimum absolute atomic E-state index is 0.679. The lowest BCUT2D eigenvalue weighted by atomic mass is 9.88. The Labute approximate surface area is 122 Å². The van der Waals surface area contributed by atoms with Crippen LogP contribution < -0.4 is 5.32 Å². The zero-order valence-electron chi connectivity index (χ0n) is 12.0. The molecular weight excluding hydrogens is 254 g/mol. The highest BCUT2D eigenvalue weighted by atomic mass is 35.5. The first-order chi connectivity index (χ1) is 9.31. The van der Waals surface area contributed by atoms with Gasteiger partial charge in [-0.1, -0.05) is 56.0 Å². The second kappa shape index (κ2) is 7.91. The normalized spacial score (nSPS) is 24.1. The molecule has 106 valence electrons. The summed E-state index contributed by atoms with van der Waals surface area (Å²) in [5, 5.41) is 4.69. The van der Waals surface area contributed by atoms with E-state index in [2.05, 4.69) is 24.4 Å². The van der Waals surface area contributed by atoms with Gasteiger partial charge in [0.05, 0.1) is 0 Å². The highest BCUT2D eigenvalue weighted by Crippen LogP contribution is 2.29. The number of benzene rings is 1. The molecule has 0 heterocycles. The van der Waals surface area contributed by atoms with Crippen LogP contribution in [0, 0.1) is 5.92 Å². The molecule has 2 unspecified atom stereocenters. The quantitative estimate of drug-likeness (QED) is 0.761. The monoisotopic (exact) mass is 279 g/mol. The Morgan fingerprint density at radius 1 is 1.16 bits per heavy atom. The van der Waals surface area contributed by atoms with Crippen LogP contribution >= 0.6 is 11.6 Å². The highest BCUT2D eigenvalue weighted by molar-refractivity contribution is 6.31. The van der Waals surface area contributed by atoms with E-state index in [0.717, 1.165) is 23.9 Å². The molecule has 0 amide bonds. The Morgan fingerprint density at radius 3 is 2.74 bits per heavy atom. The van der Waals surface area contributed by atoms with E-state index < -0.39 is 0 Å². The first-order valence-corrected chi connectivity index (χ1v) is 8.16. The van der Waals surface area contributed by atoms with E-state index in [1.807, 2.05) is 12.1 Å². The van der Waals surface area contributed by atoms with Crippen LogP contribution in [0.3, 0.4) is 0 Å². The molecule has 1 fully saturated rings. The van der Waals surface area contributed by atoms with Crippen molar-refractivity contribution in [3.05, 3.63) is 34.9 Å². The van der Waals surface area contributed by atoms with Crippen molar-refractivity contribution in [2.45, 2.75) is 57.9 Å². The van der Waals surface area contributed by atoms with Crippen LogP contribution in [0.5, 0.6) is 0 Å². The summed E-state index contributed by atoms with van der Waals surface area (Å²) < 4.78 is 0. The molecule has 0 radical (unpaired) electrons. The molecule has 1 N–H and O–H groups in total. The van der Waals surface area contributed by atoms with Gasteiger partial charge in [-0.15, -0.1) is 0 Å². The van der Waals surface area contributed by atoms with Crippen molar-refractivity contribution in [1.29, 1.82) is 0 Å². The molecule has 0 aliphatic heterocycles. The van der Waals surface area contributed by atoms with Gasteiger partial charge < -0.3 is 5.32 Å². The fourth-order valence-corrected chi connectivity index (χ4v) is 3.39. The van der Waals surface area contributed by atoms with E-state index >= 15 is 0 Å². The van der Waals surface area contributed by atoms with Crippen molar-refractivity contribution >= 4 is 11.6 Å². The van der Waals surface area contributed by atoms with Crippen molar-refractivity contribution in [3.63, 3.8) is 0 Å². The van der Waals surface area contributed by atoms with E-state index in [1.165, 1.54) is 44.1 Å². The first kappa shape index (κ1) is 14.9. The maximum Gasteiger partial charge on any atom is 0.0438 e. The van der Waals surface area contributed by atoms with Crippen LogP contribution in [-0.2, 0) is 6.42 Å². The van der Waals surface area contributed by atoms with Crippen LogP contribution in [0.15, 0.2) is 24.3 Å². The summed E-state index contributed by atoms with van der Waals surface area (Å²) in [6.07, 6.45) is 9.15. The Morgan fingerprint density at radius 2 is 1.95 bits per heavy atom. The topological polar surface area (TPSA) is 12.0 Å². The molecule has 1 aliphatic rings. The fourth-order valence-electron chi connectivity index (χ4n) is 3.17. The van der Waals surface area contributed by atoms with Gasteiger partial charge in [-0.3, -0.25) is 0 Å². The number of hydrogen-bond donors (Lipinski definition) is 1. The molecule has 2 heteroatoms. The third-order valence-corrected chi connectivity index (χ3v) is 4.62. The van der Waals surface area contributed by atoms with Crippen molar-refractivity contribution in [1.82, 2.24) is 5.32 Å². The van der Waals surface area contributed by atoms with Gasteiger partial charge >= 0.3 is 0 Å². The predicted molar refractivity (Wildman–Crippen MR) is 83.8 cm³/mol. The average molecular weight is 280 g/mol. The van der Waals surface area contributed by atoms with E-state index in [4.69, 9.17) is 11.6 Å². The number of rotatable bonds is 5. The molecule has 1 aliphatic carbocycles. The molecule has 0 bridgehead atoms. The smallest absolute Gasteiger partial charge is 0.0438 e. The summed E-state index contributed by atoms with van der Waals surface area (Å²) in [5.74, 6) is 0.744. The predicted octanol–water partition coefficient (Wildman–Crippen LogP) is 4.83. The van der Waals surface area contributed by atoms with Crippen LogP contribution in [0.25, 0.3) is 0 Å². The van der Waals surface area contributed by atoms with Crippen molar-refractivity contribution in [2.75, 3.05) is 6.54 Å². The summed E-state index contributed by atoms with van der Waals surface area (Å²) in [4.78, 5) is 0. The largest absolute Gasteiger partial charge is 0.314 e. The highest BCUT2D eigenvalue weighted by Gasteiger charge is 2.23. The van der Waals surface area contributed by atoms with Gasteiger partial charge in [0.25, 0.3) is 0 Å². The lowest BCUT2D eigenvalue weighted by molar-refractivity contribution is 0.332. The molecule has 0 aromatic heterocycles. The summed E-state index contributed by atoms with van der Waals surface area (Å²) in [6, 6.07) is 9.00.